The molecule has 9 aromatic rings. The molecule has 0 N–H and O–H groups in total. The van der Waals surface area contributed by atoms with E-state index in [1.807, 2.05) is 6.07 Å². The van der Waals surface area contributed by atoms with Gasteiger partial charge in [0.1, 0.15) is 0 Å². The van der Waals surface area contributed by atoms with Gasteiger partial charge in [-0.05, 0) is 251 Å². The summed E-state index contributed by atoms with van der Waals surface area (Å²) in [6.45, 7) is 17.5. The van der Waals surface area contributed by atoms with Crippen LogP contribution in [0.3, 0.4) is 0 Å². The van der Waals surface area contributed by atoms with E-state index in [1.54, 1.807) is 102 Å². The van der Waals surface area contributed by atoms with E-state index in [0.717, 1.165) is 129 Å². The summed E-state index contributed by atoms with van der Waals surface area (Å²) in [5.74, 6) is 55.4. The lowest BCUT2D eigenvalue weighted by Gasteiger charge is -1.89. The van der Waals surface area contributed by atoms with E-state index in [1.165, 1.54) is 43.8 Å². The maximum Gasteiger partial charge on any atom is 0.0817 e. The fourth-order valence-electron chi connectivity index (χ4n) is 7.95. The van der Waals surface area contributed by atoms with Crippen molar-refractivity contribution in [3.63, 3.8) is 0 Å². The Morgan fingerprint density at radius 1 is 0.247 bits per heavy atom. The van der Waals surface area contributed by atoms with Crippen LogP contribution in [-0.2, 0) is 51.4 Å². The molecule has 0 aliphatic rings. The van der Waals surface area contributed by atoms with Crippen molar-refractivity contribution in [2.45, 2.75) is 107 Å². The Balaban J connectivity index is 0.872. The Kier molecular flexibility index (Phi) is 19.4. The van der Waals surface area contributed by atoms with Gasteiger partial charge in [-0.1, -0.05) is 61.5 Å². The summed E-state index contributed by atoms with van der Waals surface area (Å²) < 4.78 is 0. The summed E-state index contributed by atoms with van der Waals surface area (Å²) in [6.07, 6.45) is 7.40. The van der Waals surface area contributed by atoms with Crippen LogP contribution >= 0.6 is 102 Å². The molecule has 0 fully saturated rings. The van der Waals surface area contributed by atoms with Crippen molar-refractivity contribution in [3.05, 3.63) is 194 Å². The predicted molar refractivity (Wildman–Crippen MR) is 342 cm³/mol. The highest BCUT2D eigenvalue weighted by molar-refractivity contribution is 7.16. The molecule has 0 atom stereocenters. The van der Waals surface area contributed by atoms with Gasteiger partial charge < -0.3 is 0 Å². The molecule has 0 aliphatic heterocycles. The monoisotopic (exact) mass is 1160 g/mol. The largest absolute Gasteiger partial charge is 0.135 e. The third-order valence-corrected chi connectivity index (χ3v) is 21.3. The van der Waals surface area contributed by atoms with E-state index in [-0.39, 0.29) is 0 Å². The molecule has 0 spiro atoms. The van der Waals surface area contributed by atoms with Crippen LogP contribution in [0.25, 0.3) is 0 Å². The number of hydrogen-bond acceptors (Lipinski definition) is 9. The van der Waals surface area contributed by atoms with Crippen molar-refractivity contribution < 1.29 is 0 Å². The van der Waals surface area contributed by atoms with E-state index in [0.29, 0.717) is 0 Å². The normalized spacial score (nSPS) is 10.2. The fourth-order valence-corrected chi connectivity index (χ4v) is 16.0. The zero-order chi connectivity index (χ0) is 53.7. The van der Waals surface area contributed by atoms with Crippen molar-refractivity contribution in [1.82, 2.24) is 0 Å². The average molecular weight is 1160 g/mol. The van der Waals surface area contributed by atoms with Crippen molar-refractivity contribution in [2.75, 3.05) is 0 Å². The van der Waals surface area contributed by atoms with Crippen LogP contribution < -0.4 is 0 Å². The maximum atomic E-state index is 3.53. The van der Waals surface area contributed by atoms with Gasteiger partial charge in [0.05, 0.1) is 78.0 Å². The van der Waals surface area contributed by atoms with Gasteiger partial charge in [-0.15, -0.1) is 102 Å². The lowest BCUT2D eigenvalue weighted by molar-refractivity contribution is 1.15. The quantitative estimate of drug-likeness (QED) is 0.133. The molecule has 0 unspecified atom stereocenters. The number of aryl methyl sites for hydroxylation is 8. The minimum atomic E-state index is 0.893. The van der Waals surface area contributed by atoms with Gasteiger partial charge in [-0.25, -0.2) is 0 Å². The lowest BCUT2D eigenvalue weighted by atomic mass is 10.1. The molecule has 0 saturated heterocycles. The number of thiophene rings is 9. The van der Waals surface area contributed by atoms with Crippen molar-refractivity contribution in [2.24, 2.45) is 0 Å². The van der Waals surface area contributed by atoms with Gasteiger partial charge in [0.15, 0.2) is 0 Å². The molecule has 9 heteroatoms. The van der Waals surface area contributed by atoms with Gasteiger partial charge in [0.25, 0.3) is 0 Å². The second kappa shape index (κ2) is 26.9. The molecular formula is C68H52S9. The van der Waals surface area contributed by atoms with Crippen LogP contribution in [0.5, 0.6) is 0 Å². The maximum absolute atomic E-state index is 3.53. The van der Waals surface area contributed by atoms with Gasteiger partial charge in [0.2, 0.25) is 0 Å². The Morgan fingerprint density at radius 2 is 0.494 bits per heavy atom. The molecule has 9 rings (SSSR count). The highest BCUT2D eigenvalue weighted by atomic mass is 32.1. The Bertz CT molecular complexity index is 4140. The Labute approximate surface area is 492 Å². The van der Waals surface area contributed by atoms with Crippen LogP contribution in [0.1, 0.15) is 177 Å². The Hall–Kier alpha value is -6.22. The van der Waals surface area contributed by atoms with Crippen LogP contribution in [0.15, 0.2) is 72.1 Å². The Morgan fingerprint density at radius 3 is 0.714 bits per heavy atom. The third-order valence-electron chi connectivity index (χ3n) is 12.3. The second-order valence-electron chi connectivity index (χ2n) is 17.3. The molecule has 0 amide bonds. The first-order valence-electron chi connectivity index (χ1n) is 25.8. The molecule has 9 aromatic heterocycles. The van der Waals surface area contributed by atoms with Crippen LogP contribution in [0.4, 0.5) is 0 Å². The summed E-state index contributed by atoms with van der Waals surface area (Å²) in [5.41, 5.74) is 8.67. The summed E-state index contributed by atoms with van der Waals surface area (Å²) in [4.78, 5) is 18.4. The molecule has 0 aromatic carbocycles. The van der Waals surface area contributed by atoms with E-state index in [2.05, 4.69) is 216 Å². The molecule has 9 heterocycles. The first-order valence-corrected chi connectivity index (χ1v) is 33.3. The molecule has 0 aliphatic carbocycles. The summed E-state index contributed by atoms with van der Waals surface area (Å²) >= 11 is 15.2. The van der Waals surface area contributed by atoms with Crippen molar-refractivity contribution in [1.29, 1.82) is 0 Å². The molecule has 378 valence electrons. The lowest BCUT2D eigenvalue weighted by Crippen LogP contribution is -1.79. The minimum Gasteiger partial charge on any atom is -0.135 e. The van der Waals surface area contributed by atoms with Gasteiger partial charge in [0, 0.05) is 4.88 Å². The average Bonchev–Trinajstić information content (AvgIpc) is 4.32. The van der Waals surface area contributed by atoms with Crippen LogP contribution in [-0.4, -0.2) is 0 Å². The zero-order valence-corrected chi connectivity index (χ0v) is 51.6. The topological polar surface area (TPSA) is 0 Å². The first kappa shape index (κ1) is 55.5. The third kappa shape index (κ3) is 14.3. The van der Waals surface area contributed by atoms with E-state index in [9.17, 15) is 0 Å². The summed E-state index contributed by atoms with van der Waals surface area (Å²) in [6, 6.07) is 23.8. The zero-order valence-electron chi connectivity index (χ0n) is 44.3. The number of hydrogen-bond donors (Lipinski definition) is 0. The van der Waals surface area contributed by atoms with E-state index < -0.39 is 0 Å². The van der Waals surface area contributed by atoms with E-state index >= 15 is 0 Å². The van der Waals surface area contributed by atoms with E-state index in [4.69, 9.17) is 0 Å². The van der Waals surface area contributed by atoms with Gasteiger partial charge >= 0.3 is 0 Å². The first-order chi connectivity index (χ1) is 37.7. The highest BCUT2D eigenvalue weighted by Crippen LogP contribution is 2.30. The molecule has 0 bridgehead atoms. The molecule has 0 nitrogen and oxygen atoms in total. The minimum absolute atomic E-state index is 0.893. The van der Waals surface area contributed by atoms with Gasteiger partial charge in [-0.2, -0.15) is 0 Å². The smallest absolute Gasteiger partial charge is 0.0817 e. The summed E-state index contributed by atoms with van der Waals surface area (Å²) in [7, 11) is 0. The highest BCUT2D eigenvalue weighted by Gasteiger charge is 2.12. The predicted octanol–water partition coefficient (Wildman–Crippen LogP) is 17.9. The SMILES string of the molecule is CCc1ccc(C#Cc2sc(C#Cc3sc(C#Cc4sc(C#Cc5sc(C#Cc6sc(C#Cc7sc(C#Cc8sc(C#Cc9cccs9)cc8CC)cc7CC)cc6CC)cc5CC)cc4CC)cc3CC)cc2CC)s1. The summed E-state index contributed by atoms with van der Waals surface area (Å²) in [5, 5.41) is 2.06. The van der Waals surface area contributed by atoms with Crippen LogP contribution in [0, 0.1) is 94.7 Å². The van der Waals surface area contributed by atoms with Crippen LogP contribution in [0.2, 0.25) is 0 Å². The molecule has 77 heavy (non-hydrogen) atoms. The molecule has 0 radical (unpaired) electrons. The molecule has 0 saturated carbocycles. The molecular weight excluding hydrogens is 1110 g/mol. The van der Waals surface area contributed by atoms with Crippen molar-refractivity contribution in [3.8, 4) is 94.7 Å². The second-order valence-corrected chi connectivity index (χ2v) is 26.8. The standard InChI is InChI=1S/C68H52S9/c1-9-45-38-55(22-20-53-18-17-37-69-53)71-63(45)31-24-57-40-47(11-3)65(73-57)33-26-59-42-49(13-5)67(75-59)35-28-61-44-51(15-7)68(77-61)36-29-60-43-50(14-6)66(76-60)34-27-58-41-48(12-4)64(74-58)32-25-56-39-46(10-2)62(72-56)30-23-54-21-19-52(16-8)70-54/h17-19,21,37-44H,9-16H2,1-8H3. The number of rotatable bonds is 8. The van der Waals surface area contributed by atoms with Crippen molar-refractivity contribution >= 4 is 102 Å². The van der Waals surface area contributed by atoms with Gasteiger partial charge in [-0.3, -0.25) is 0 Å². The fraction of sp³-hybridized carbons (Fsp3) is 0.235.